The van der Waals surface area contributed by atoms with E-state index in [-0.39, 0.29) is 0 Å². The van der Waals surface area contributed by atoms with Gasteiger partial charge in [0.15, 0.2) is 0 Å². The molecule has 0 radical (unpaired) electrons. The van der Waals surface area contributed by atoms with Gasteiger partial charge in [0, 0.05) is 4.90 Å². The highest BCUT2D eigenvalue weighted by Gasteiger charge is 1.80. The molecular formula is C13H14OS. The molecule has 0 aromatic heterocycles. The zero-order valence-electron chi connectivity index (χ0n) is 8.63. The Morgan fingerprint density at radius 2 is 1.27 bits per heavy atom. The highest BCUT2D eigenvalue weighted by molar-refractivity contribution is 7.80. The molecule has 0 saturated carbocycles. The average molecular weight is 218 g/mol. The average Bonchev–Trinajstić information content (AvgIpc) is 2.32. The predicted molar refractivity (Wildman–Crippen MR) is 66.7 cm³/mol. The van der Waals surface area contributed by atoms with Crippen LogP contribution in [0.1, 0.15) is 0 Å². The highest BCUT2D eigenvalue weighted by Crippen LogP contribution is 2.05. The molecule has 0 N–H and O–H groups in total. The molecule has 0 heterocycles. The van der Waals surface area contributed by atoms with Crippen LogP contribution in [0.4, 0.5) is 0 Å². The van der Waals surface area contributed by atoms with Crippen molar-refractivity contribution in [2.45, 2.75) is 4.90 Å². The van der Waals surface area contributed by atoms with Crippen molar-refractivity contribution in [3.05, 3.63) is 60.7 Å². The predicted octanol–water partition coefficient (Wildman–Crippen LogP) is 3.67. The minimum Gasteiger partial charge on any atom is -0.497 e. The zero-order valence-corrected chi connectivity index (χ0v) is 9.52. The summed E-state index contributed by atoms with van der Waals surface area (Å²) in [5.41, 5.74) is 0. The Kier molecular flexibility index (Phi) is 5.41. The number of para-hydroxylation sites is 1. The normalized spacial score (nSPS) is 8.67. The molecule has 0 fully saturated rings. The minimum atomic E-state index is 0.910. The number of benzene rings is 2. The lowest BCUT2D eigenvalue weighted by atomic mass is 10.3. The van der Waals surface area contributed by atoms with Gasteiger partial charge in [-0.2, -0.15) is 0 Å². The number of ether oxygens (including phenoxy) is 1. The van der Waals surface area contributed by atoms with Gasteiger partial charge in [-0.3, -0.25) is 0 Å². The molecule has 78 valence electrons. The number of methoxy groups -OCH3 is 1. The number of thiol groups is 1. The van der Waals surface area contributed by atoms with Crippen molar-refractivity contribution < 1.29 is 4.74 Å². The standard InChI is InChI=1S/C7H8O.C6H6S/c1-8-7-5-3-2-4-6-7;7-6-4-2-1-3-5-6/h2-6H,1H3;1-5,7H. The topological polar surface area (TPSA) is 9.23 Å². The van der Waals surface area contributed by atoms with Crippen LogP contribution in [-0.2, 0) is 0 Å². The fourth-order valence-corrected chi connectivity index (χ4v) is 1.16. The Bertz CT molecular complexity index is 359. The quantitative estimate of drug-likeness (QED) is 0.718. The third-order valence-corrected chi connectivity index (χ3v) is 2.03. The lowest BCUT2D eigenvalue weighted by molar-refractivity contribution is 0.415. The maximum atomic E-state index is 4.91. The van der Waals surface area contributed by atoms with E-state index >= 15 is 0 Å². The molecule has 2 aromatic carbocycles. The SMILES string of the molecule is COc1ccccc1.Sc1ccccc1. The maximum Gasteiger partial charge on any atom is 0.118 e. The van der Waals surface area contributed by atoms with Crippen LogP contribution in [-0.4, -0.2) is 7.11 Å². The van der Waals surface area contributed by atoms with Gasteiger partial charge in [0.1, 0.15) is 5.75 Å². The van der Waals surface area contributed by atoms with Crippen LogP contribution in [0.3, 0.4) is 0 Å². The van der Waals surface area contributed by atoms with Crippen LogP contribution in [0.2, 0.25) is 0 Å². The van der Waals surface area contributed by atoms with Crippen molar-refractivity contribution >= 4 is 12.6 Å². The maximum absolute atomic E-state index is 4.91. The van der Waals surface area contributed by atoms with Crippen molar-refractivity contribution in [1.29, 1.82) is 0 Å². The first-order valence-electron chi connectivity index (χ1n) is 4.66. The third-order valence-electron chi connectivity index (χ3n) is 1.74. The second kappa shape index (κ2) is 6.96. The lowest BCUT2D eigenvalue weighted by Gasteiger charge is -1.93. The molecule has 2 aromatic rings. The fourth-order valence-electron chi connectivity index (χ4n) is 0.985. The number of hydrogen-bond donors (Lipinski definition) is 1. The van der Waals surface area contributed by atoms with Crippen molar-refractivity contribution in [2.75, 3.05) is 7.11 Å². The largest absolute Gasteiger partial charge is 0.497 e. The van der Waals surface area contributed by atoms with E-state index in [1.807, 2.05) is 60.7 Å². The Hall–Kier alpha value is -1.41. The van der Waals surface area contributed by atoms with Gasteiger partial charge in [0.05, 0.1) is 7.11 Å². The summed E-state index contributed by atoms with van der Waals surface area (Å²) >= 11 is 4.08. The molecule has 15 heavy (non-hydrogen) atoms. The fraction of sp³-hybridized carbons (Fsp3) is 0.0769. The van der Waals surface area contributed by atoms with Crippen LogP contribution in [0.5, 0.6) is 5.75 Å². The van der Waals surface area contributed by atoms with Gasteiger partial charge < -0.3 is 4.74 Å². The molecule has 2 heteroatoms. The summed E-state index contributed by atoms with van der Waals surface area (Å²) in [6.07, 6.45) is 0. The minimum absolute atomic E-state index is 0.910. The van der Waals surface area contributed by atoms with Crippen LogP contribution in [0, 0.1) is 0 Å². The van der Waals surface area contributed by atoms with E-state index < -0.39 is 0 Å². The van der Waals surface area contributed by atoms with E-state index in [0.717, 1.165) is 10.6 Å². The van der Waals surface area contributed by atoms with E-state index in [1.165, 1.54) is 0 Å². The summed E-state index contributed by atoms with van der Waals surface area (Å²) in [6.45, 7) is 0. The summed E-state index contributed by atoms with van der Waals surface area (Å²) < 4.78 is 4.91. The monoisotopic (exact) mass is 218 g/mol. The van der Waals surface area contributed by atoms with Gasteiger partial charge in [-0.05, 0) is 24.3 Å². The van der Waals surface area contributed by atoms with E-state index in [9.17, 15) is 0 Å². The first kappa shape index (κ1) is 11.7. The van der Waals surface area contributed by atoms with Crippen molar-refractivity contribution in [1.82, 2.24) is 0 Å². The Balaban J connectivity index is 0.000000151. The van der Waals surface area contributed by atoms with E-state index in [0.29, 0.717) is 0 Å². The molecule has 0 bridgehead atoms. The third kappa shape index (κ3) is 5.13. The van der Waals surface area contributed by atoms with Gasteiger partial charge in [-0.1, -0.05) is 36.4 Å². The molecule has 2 rings (SSSR count). The zero-order chi connectivity index (χ0) is 10.9. The molecular weight excluding hydrogens is 204 g/mol. The van der Waals surface area contributed by atoms with E-state index in [2.05, 4.69) is 12.6 Å². The van der Waals surface area contributed by atoms with Crippen LogP contribution < -0.4 is 4.74 Å². The second-order valence-electron chi connectivity index (χ2n) is 2.85. The van der Waals surface area contributed by atoms with Crippen molar-refractivity contribution in [3.8, 4) is 5.75 Å². The first-order chi connectivity index (χ1) is 7.33. The summed E-state index contributed by atoms with van der Waals surface area (Å²) in [5, 5.41) is 0. The molecule has 0 aliphatic rings. The highest BCUT2D eigenvalue weighted by atomic mass is 32.1. The van der Waals surface area contributed by atoms with Crippen LogP contribution in [0.15, 0.2) is 65.6 Å². The van der Waals surface area contributed by atoms with E-state index in [4.69, 9.17) is 4.74 Å². The molecule has 0 aliphatic carbocycles. The lowest BCUT2D eigenvalue weighted by Crippen LogP contribution is -1.78. The molecule has 0 saturated heterocycles. The molecule has 1 nitrogen and oxygen atoms in total. The van der Waals surface area contributed by atoms with Gasteiger partial charge in [-0.25, -0.2) is 0 Å². The molecule has 0 spiro atoms. The summed E-state index contributed by atoms with van der Waals surface area (Å²) in [5.74, 6) is 0.910. The van der Waals surface area contributed by atoms with Crippen LogP contribution in [0.25, 0.3) is 0 Å². The molecule has 0 aliphatic heterocycles. The van der Waals surface area contributed by atoms with Crippen LogP contribution >= 0.6 is 12.6 Å². The van der Waals surface area contributed by atoms with E-state index in [1.54, 1.807) is 7.11 Å². The number of rotatable bonds is 1. The summed E-state index contributed by atoms with van der Waals surface area (Å²) in [4.78, 5) is 1.02. The smallest absolute Gasteiger partial charge is 0.118 e. The molecule has 0 unspecified atom stereocenters. The van der Waals surface area contributed by atoms with Crippen molar-refractivity contribution in [3.63, 3.8) is 0 Å². The summed E-state index contributed by atoms with van der Waals surface area (Å²) in [7, 11) is 1.66. The van der Waals surface area contributed by atoms with Crippen molar-refractivity contribution in [2.24, 2.45) is 0 Å². The second-order valence-corrected chi connectivity index (χ2v) is 3.37. The van der Waals surface area contributed by atoms with Gasteiger partial charge in [0.2, 0.25) is 0 Å². The molecule has 0 atom stereocenters. The molecule has 0 amide bonds. The Labute approximate surface area is 96.1 Å². The summed E-state index contributed by atoms with van der Waals surface area (Å²) in [6, 6.07) is 19.5. The number of hydrogen-bond acceptors (Lipinski definition) is 2. The van der Waals surface area contributed by atoms with Gasteiger partial charge in [-0.15, -0.1) is 12.6 Å². The van der Waals surface area contributed by atoms with Gasteiger partial charge in [0.25, 0.3) is 0 Å². The van der Waals surface area contributed by atoms with Gasteiger partial charge >= 0.3 is 0 Å². The Morgan fingerprint density at radius 3 is 1.53 bits per heavy atom. The first-order valence-corrected chi connectivity index (χ1v) is 5.10. The Morgan fingerprint density at radius 1 is 0.800 bits per heavy atom.